The van der Waals surface area contributed by atoms with Crippen molar-refractivity contribution in [3.63, 3.8) is 0 Å². The van der Waals surface area contributed by atoms with E-state index in [0.717, 1.165) is 25.2 Å². The summed E-state index contributed by atoms with van der Waals surface area (Å²) < 4.78 is 0. The van der Waals surface area contributed by atoms with Crippen LogP contribution in [0.1, 0.15) is 32.6 Å². The van der Waals surface area contributed by atoms with Gasteiger partial charge in [0.15, 0.2) is 0 Å². The fourth-order valence-corrected chi connectivity index (χ4v) is 2.50. The van der Waals surface area contributed by atoms with Crippen molar-refractivity contribution in [1.29, 1.82) is 0 Å². The Morgan fingerprint density at radius 1 is 1.53 bits per heavy atom. The van der Waals surface area contributed by atoms with Crippen LogP contribution in [0, 0.1) is 0 Å². The van der Waals surface area contributed by atoms with Crippen molar-refractivity contribution in [1.82, 2.24) is 9.88 Å². The van der Waals surface area contributed by atoms with Gasteiger partial charge in [-0.2, -0.15) is 0 Å². The van der Waals surface area contributed by atoms with Crippen LogP contribution in [0.15, 0.2) is 18.3 Å². The first-order valence-electron chi connectivity index (χ1n) is 6.82. The molecule has 0 aromatic carbocycles. The van der Waals surface area contributed by atoms with Gasteiger partial charge in [-0.25, -0.2) is 4.98 Å². The number of carbonyl (C=O) groups excluding carboxylic acids is 1. The summed E-state index contributed by atoms with van der Waals surface area (Å²) in [5, 5.41) is 3.75. The zero-order chi connectivity index (χ0) is 13.7. The summed E-state index contributed by atoms with van der Waals surface area (Å²) in [6.45, 7) is 3.64. The minimum absolute atomic E-state index is 0.230. The van der Waals surface area contributed by atoms with Gasteiger partial charge in [-0.15, -0.1) is 0 Å². The second-order valence-corrected chi connectivity index (χ2v) is 5.41. The van der Waals surface area contributed by atoms with Gasteiger partial charge < -0.3 is 10.2 Å². The van der Waals surface area contributed by atoms with Gasteiger partial charge in [0, 0.05) is 31.7 Å². The number of hydrogen-bond donors (Lipinski definition) is 1. The maximum Gasteiger partial charge on any atom is 0.224 e. The van der Waals surface area contributed by atoms with Gasteiger partial charge in [-0.3, -0.25) is 4.79 Å². The fraction of sp³-hybridized carbons (Fsp3) is 0.571. The maximum absolute atomic E-state index is 12.1. The highest BCUT2D eigenvalue weighted by atomic mass is 35.5. The molecule has 1 aliphatic heterocycles. The predicted octanol–water partition coefficient (Wildman–Crippen LogP) is 2.94. The Morgan fingerprint density at radius 2 is 2.37 bits per heavy atom. The Labute approximate surface area is 119 Å². The molecule has 0 radical (unpaired) electrons. The predicted molar refractivity (Wildman–Crippen MR) is 77.4 cm³/mol. The van der Waals surface area contributed by atoms with E-state index in [9.17, 15) is 4.79 Å². The van der Waals surface area contributed by atoms with Crippen LogP contribution in [-0.4, -0.2) is 34.9 Å². The van der Waals surface area contributed by atoms with Gasteiger partial charge in [0.05, 0.1) is 5.02 Å². The van der Waals surface area contributed by atoms with Crippen LogP contribution in [0.2, 0.25) is 5.02 Å². The zero-order valence-corrected chi connectivity index (χ0v) is 12.0. The molecule has 5 heteroatoms. The molecule has 1 fully saturated rings. The number of likely N-dealkylation sites (tertiary alicyclic amines) is 1. The van der Waals surface area contributed by atoms with Crippen LogP contribution in [0.5, 0.6) is 0 Å². The molecule has 1 saturated heterocycles. The van der Waals surface area contributed by atoms with Gasteiger partial charge in [0.2, 0.25) is 5.91 Å². The molecule has 1 aromatic heterocycles. The van der Waals surface area contributed by atoms with E-state index < -0.39 is 0 Å². The third-order valence-electron chi connectivity index (χ3n) is 3.50. The van der Waals surface area contributed by atoms with Gasteiger partial charge in [-0.1, -0.05) is 11.6 Å². The first-order chi connectivity index (χ1) is 9.16. The maximum atomic E-state index is 12.1. The number of anilines is 1. The van der Waals surface area contributed by atoms with Crippen LogP contribution in [0.25, 0.3) is 0 Å². The van der Waals surface area contributed by atoms with Crippen molar-refractivity contribution in [3.8, 4) is 0 Å². The van der Waals surface area contributed by atoms with Crippen molar-refractivity contribution in [2.45, 2.75) is 38.6 Å². The van der Waals surface area contributed by atoms with E-state index in [-0.39, 0.29) is 5.91 Å². The van der Waals surface area contributed by atoms with Crippen LogP contribution in [-0.2, 0) is 4.79 Å². The normalized spacial score (nSPS) is 19.3. The topological polar surface area (TPSA) is 45.2 Å². The van der Waals surface area contributed by atoms with Crippen LogP contribution < -0.4 is 5.32 Å². The van der Waals surface area contributed by atoms with Crippen LogP contribution >= 0.6 is 11.6 Å². The second kappa shape index (κ2) is 6.75. The standard InChI is InChI=1S/C14H20ClN3O/c1-11-4-2-3-9-18(11)14(19)7-8-16-13-6-5-12(15)10-17-13/h5-6,10-11H,2-4,7-9H2,1H3,(H,16,17). The molecule has 1 N–H and O–H groups in total. The molecule has 1 aromatic rings. The second-order valence-electron chi connectivity index (χ2n) is 4.97. The van der Waals surface area contributed by atoms with Crippen molar-refractivity contribution >= 4 is 23.3 Å². The number of aromatic nitrogens is 1. The van der Waals surface area contributed by atoms with Gasteiger partial charge in [-0.05, 0) is 38.3 Å². The number of rotatable bonds is 4. The van der Waals surface area contributed by atoms with Gasteiger partial charge in [0.25, 0.3) is 0 Å². The Balaban J connectivity index is 1.75. The summed E-state index contributed by atoms with van der Waals surface area (Å²) in [4.78, 5) is 18.2. The number of hydrogen-bond acceptors (Lipinski definition) is 3. The van der Waals surface area contributed by atoms with E-state index in [1.165, 1.54) is 6.42 Å². The Kier molecular flexibility index (Phi) is 5.02. The molecule has 0 aliphatic carbocycles. The van der Waals surface area contributed by atoms with Gasteiger partial charge >= 0.3 is 0 Å². The van der Waals surface area contributed by atoms with Crippen LogP contribution in [0.4, 0.5) is 5.82 Å². The number of amides is 1. The minimum atomic E-state index is 0.230. The Bertz CT molecular complexity index is 421. The third-order valence-corrected chi connectivity index (χ3v) is 3.72. The number of nitrogens with one attached hydrogen (secondary N) is 1. The van der Waals surface area contributed by atoms with E-state index in [1.54, 1.807) is 12.3 Å². The SMILES string of the molecule is CC1CCCCN1C(=O)CCNc1ccc(Cl)cn1. The van der Waals surface area contributed by atoms with E-state index in [2.05, 4.69) is 17.2 Å². The molecular weight excluding hydrogens is 262 g/mol. The molecule has 104 valence electrons. The first kappa shape index (κ1) is 14.1. The molecule has 0 bridgehead atoms. The Morgan fingerprint density at radius 3 is 3.05 bits per heavy atom. The molecule has 1 atom stereocenters. The van der Waals surface area contributed by atoms with Crippen molar-refractivity contribution in [3.05, 3.63) is 23.4 Å². The molecule has 1 aliphatic rings. The Hall–Kier alpha value is -1.29. The highest BCUT2D eigenvalue weighted by Gasteiger charge is 2.22. The number of pyridine rings is 1. The molecule has 1 unspecified atom stereocenters. The molecule has 1 amide bonds. The summed E-state index contributed by atoms with van der Waals surface area (Å²) in [5.41, 5.74) is 0. The van der Waals surface area contributed by atoms with Gasteiger partial charge in [0.1, 0.15) is 5.82 Å². The quantitative estimate of drug-likeness (QED) is 0.923. The highest BCUT2D eigenvalue weighted by Crippen LogP contribution is 2.17. The lowest BCUT2D eigenvalue weighted by molar-refractivity contribution is -0.134. The van der Waals surface area contributed by atoms with Crippen LogP contribution in [0.3, 0.4) is 0 Å². The lowest BCUT2D eigenvalue weighted by Gasteiger charge is -2.33. The average Bonchev–Trinajstić information content (AvgIpc) is 2.41. The third kappa shape index (κ3) is 4.10. The summed E-state index contributed by atoms with van der Waals surface area (Å²) >= 11 is 5.76. The van der Waals surface area contributed by atoms with Crippen molar-refractivity contribution < 1.29 is 4.79 Å². The number of halogens is 1. The van der Waals surface area contributed by atoms with E-state index in [1.807, 2.05) is 11.0 Å². The molecule has 2 heterocycles. The number of piperidine rings is 1. The molecule has 0 spiro atoms. The fourth-order valence-electron chi connectivity index (χ4n) is 2.39. The first-order valence-corrected chi connectivity index (χ1v) is 7.19. The molecule has 4 nitrogen and oxygen atoms in total. The molecule has 2 rings (SSSR count). The molecular formula is C14H20ClN3O. The van der Waals surface area contributed by atoms with Crippen molar-refractivity contribution in [2.75, 3.05) is 18.4 Å². The van der Waals surface area contributed by atoms with E-state index in [4.69, 9.17) is 11.6 Å². The summed E-state index contributed by atoms with van der Waals surface area (Å²) in [6.07, 6.45) is 5.59. The van der Waals surface area contributed by atoms with Crippen molar-refractivity contribution in [2.24, 2.45) is 0 Å². The summed E-state index contributed by atoms with van der Waals surface area (Å²) in [7, 11) is 0. The smallest absolute Gasteiger partial charge is 0.224 e. The molecule has 0 saturated carbocycles. The lowest BCUT2D eigenvalue weighted by atomic mass is 10.0. The average molecular weight is 282 g/mol. The zero-order valence-electron chi connectivity index (χ0n) is 11.2. The van der Waals surface area contributed by atoms with E-state index in [0.29, 0.717) is 24.0 Å². The van der Waals surface area contributed by atoms with E-state index >= 15 is 0 Å². The summed E-state index contributed by atoms with van der Waals surface area (Å²) in [5.74, 6) is 0.984. The lowest BCUT2D eigenvalue weighted by Crippen LogP contribution is -2.42. The summed E-state index contributed by atoms with van der Waals surface area (Å²) in [6, 6.07) is 3.98. The largest absolute Gasteiger partial charge is 0.370 e. The number of nitrogens with zero attached hydrogens (tertiary/aromatic N) is 2. The monoisotopic (exact) mass is 281 g/mol. The highest BCUT2D eigenvalue weighted by molar-refractivity contribution is 6.30. The minimum Gasteiger partial charge on any atom is -0.370 e. The molecule has 19 heavy (non-hydrogen) atoms. The number of carbonyl (C=O) groups is 1.